The Bertz CT molecular complexity index is 1200. The van der Waals surface area contributed by atoms with Gasteiger partial charge in [-0.25, -0.2) is 0 Å². The van der Waals surface area contributed by atoms with Crippen LogP contribution >= 0.6 is 17.0 Å². The monoisotopic (exact) mass is 678 g/mol. The first-order valence-electron chi connectivity index (χ1n) is 13.5. The van der Waals surface area contributed by atoms with Crippen molar-refractivity contribution in [2.24, 2.45) is 0 Å². The second-order valence-electron chi connectivity index (χ2n) is 12.9. The molecule has 0 heterocycles. The summed E-state index contributed by atoms with van der Waals surface area (Å²) in [5.41, 5.74) is 0. The average molecular weight is 681 g/mol. The first-order valence-corrected chi connectivity index (χ1v) is 27.1. The van der Waals surface area contributed by atoms with Gasteiger partial charge in [-0.15, -0.1) is 82.2 Å². The van der Waals surface area contributed by atoms with Crippen molar-refractivity contribution in [1.29, 1.82) is 0 Å². The van der Waals surface area contributed by atoms with Crippen molar-refractivity contribution in [2.75, 3.05) is 0 Å². The van der Waals surface area contributed by atoms with Crippen molar-refractivity contribution in [1.82, 2.24) is 0 Å². The minimum absolute atomic E-state index is 0.246. The van der Waals surface area contributed by atoms with Crippen molar-refractivity contribution in [3.8, 4) is 11.5 Å². The molecule has 0 spiro atoms. The Morgan fingerprint density at radius 2 is 0.974 bits per heavy atom. The maximum atomic E-state index is 6.29. The van der Waals surface area contributed by atoms with Crippen molar-refractivity contribution < 1.29 is 27.7 Å². The van der Waals surface area contributed by atoms with E-state index in [-0.39, 0.29) is 10.1 Å². The number of hydrogen-bond donors (Lipinski definition) is 0. The Labute approximate surface area is 253 Å². The molecule has 0 aliphatic carbocycles. The number of benzene rings is 2. The Balaban J connectivity index is 0.000000234. The molecule has 39 heavy (non-hydrogen) atoms. The number of fused-ring (bicyclic) bond motifs is 2. The third-order valence-corrected chi connectivity index (χ3v) is 20.1. The zero-order valence-corrected chi connectivity index (χ0v) is 31.5. The Morgan fingerprint density at radius 1 is 0.667 bits per heavy atom. The first kappa shape index (κ1) is 34.2. The summed E-state index contributed by atoms with van der Waals surface area (Å²) in [6.07, 6.45) is 0. The molecule has 0 amide bonds. The van der Waals surface area contributed by atoms with E-state index in [1.54, 1.807) is 0 Å². The van der Waals surface area contributed by atoms with Crippen molar-refractivity contribution in [3.05, 3.63) is 72.8 Å². The Morgan fingerprint density at radius 3 is 1.23 bits per heavy atom. The molecule has 0 saturated carbocycles. The molecule has 0 aliphatic heterocycles. The van der Waals surface area contributed by atoms with E-state index in [0.29, 0.717) is 0 Å². The van der Waals surface area contributed by atoms with Crippen LogP contribution in [0, 0.1) is 0 Å². The van der Waals surface area contributed by atoms with Crippen molar-refractivity contribution >= 4 is 58.9 Å². The molecule has 0 unspecified atom stereocenters. The molecule has 2 nitrogen and oxygen atoms in total. The molecule has 0 atom stereocenters. The van der Waals surface area contributed by atoms with E-state index in [2.05, 4.69) is 141 Å². The van der Waals surface area contributed by atoms with Crippen LogP contribution in [-0.2, 0) is 18.9 Å². The molecular weight excluding hydrogens is 635 g/mol. The van der Waals surface area contributed by atoms with Crippen LogP contribution in [0.4, 0.5) is 0 Å². The summed E-state index contributed by atoms with van der Waals surface area (Å²) in [4.78, 5) is 0. The van der Waals surface area contributed by atoms with E-state index in [4.69, 9.17) is 25.9 Å². The van der Waals surface area contributed by atoms with Crippen LogP contribution in [0.1, 0.15) is 48.5 Å². The summed E-state index contributed by atoms with van der Waals surface area (Å²) in [5.74, 6) is 2.05. The van der Waals surface area contributed by atoms with Crippen molar-refractivity contribution in [2.45, 2.75) is 84.7 Å². The molecule has 4 aromatic carbocycles. The topological polar surface area (TPSA) is 18.5 Å². The quantitative estimate of drug-likeness (QED) is 0.158. The summed E-state index contributed by atoms with van der Waals surface area (Å²) in [6.45, 7) is 24.6. The number of hydrogen-bond acceptors (Lipinski definition) is 2. The Kier molecular flexibility index (Phi) is 12.1. The van der Waals surface area contributed by atoms with E-state index in [1.807, 2.05) is 10.6 Å². The molecule has 4 rings (SSSR count). The second kappa shape index (κ2) is 13.8. The predicted octanol–water partition coefficient (Wildman–Crippen LogP) is 11.6. The zero-order chi connectivity index (χ0) is 29.6. The number of rotatable bonds is 4. The van der Waals surface area contributed by atoms with Gasteiger partial charge in [0.15, 0.2) is 0 Å². The van der Waals surface area contributed by atoms with Gasteiger partial charge in [0.25, 0.3) is 0 Å². The third kappa shape index (κ3) is 10.1. The molecule has 0 fully saturated rings. The average Bonchev–Trinajstić information content (AvgIpc) is 3.40. The van der Waals surface area contributed by atoms with E-state index >= 15 is 0 Å². The SMILES string of the molecule is CC(C)(C)[Si](C)(C)Oc1cc2ccccc2[cH-]1.CC(C)(C)[Si](C)(C)Oc1cc2ccccc2[cH-]1.C[CH]=[Zr]([Cl])[Cl]. The van der Waals surface area contributed by atoms with Gasteiger partial charge < -0.3 is 8.85 Å². The van der Waals surface area contributed by atoms with E-state index in [9.17, 15) is 0 Å². The second-order valence-corrected chi connectivity index (χ2v) is 31.2. The fraction of sp³-hybridized carbons (Fsp3) is 0.406. The molecule has 0 aliphatic rings. The molecule has 7 heteroatoms. The summed E-state index contributed by atoms with van der Waals surface area (Å²) in [7, 11) is 7.32. The zero-order valence-electron chi connectivity index (χ0n) is 25.6. The van der Waals surface area contributed by atoms with Crippen LogP contribution in [0.2, 0.25) is 36.3 Å². The van der Waals surface area contributed by atoms with E-state index in [0.717, 1.165) is 11.5 Å². The van der Waals surface area contributed by atoms with Crippen LogP contribution in [0.25, 0.3) is 21.5 Å². The van der Waals surface area contributed by atoms with Gasteiger partial charge in [-0.3, -0.25) is 0 Å². The fourth-order valence-corrected chi connectivity index (χ4v) is 5.28. The fourth-order valence-electron chi connectivity index (χ4n) is 3.26. The van der Waals surface area contributed by atoms with Gasteiger partial charge in [0.05, 0.1) is 0 Å². The molecular formula is C32H46Cl2O2Si2Zr-2. The van der Waals surface area contributed by atoms with Gasteiger partial charge in [-0.2, -0.15) is 0 Å². The van der Waals surface area contributed by atoms with Crippen LogP contribution in [0.15, 0.2) is 72.8 Å². The van der Waals surface area contributed by atoms with Gasteiger partial charge in [-0.1, -0.05) is 53.7 Å². The molecule has 0 bridgehead atoms. The Hall–Kier alpha value is -0.973. The molecule has 0 aromatic heterocycles. The van der Waals surface area contributed by atoms with Crippen molar-refractivity contribution in [3.63, 3.8) is 0 Å². The summed E-state index contributed by atoms with van der Waals surface area (Å²) >= 11 is -1.76. The van der Waals surface area contributed by atoms with Crippen LogP contribution in [0.3, 0.4) is 0 Å². The summed E-state index contributed by atoms with van der Waals surface area (Å²) in [5, 5.41) is 5.55. The van der Waals surface area contributed by atoms with Crippen LogP contribution < -0.4 is 8.85 Å². The number of halogens is 2. The van der Waals surface area contributed by atoms with Gasteiger partial charge in [-0.05, 0) is 36.3 Å². The van der Waals surface area contributed by atoms with E-state index < -0.39 is 35.5 Å². The summed E-state index contributed by atoms with van der Waals surface area (Å²) < 4.78 is 14.5. The molecule has 0 N–H and O–H groups in total. The van der Waals surface area contributed by atoms with Gasteiger partial charge in [0.1, 0.15) is 0 Å². The molecule has 4 aromatic rings. The first-order chi connectivity index (χ1) is 17.9. The van der Waals surface area contributed by atoms with Gasteiger partial charge in [0, 0.05) is 11.5 Å². The van der Waals surface area contributed by atoms with Gasteiger partial charge in [0.2, 0.25) is 16.6 Å². The van der Waals surface area contributed by atoms with Crippen LogP contribution in [-0.4, -0.2) is 20.3 Å². The predicted molar refractivity (Wildman–Crippen MR) is 178 cm³/mol. The standard InChI is InChI=1S/2C15H21OSi.C2H4.2ClH.Zr/c2*1-15(2,3)17(4,5)16-14-10-12-8-6-7-9-13(12)11-14;1-2;;;/h2*6-11H,1-5H3;1H,2H3;2*1H;/q2*-1;;;;+2/p-2. The van der Waals surface area contributed by atoms with E-state index in [1.165, 1.54) is 21.5 Å². The molecule has 0 radical (unpaired) electrons. The summed E-state index contributed by atoms with van der Waals surface area (Å²) in [6, 6.07) is 25.4. The maximum absolute atomic E-state index is 6.29. The third-order valence-electron chi connectivity index (χ3n) is 7.76. The molecule has 0 saturated heterocycles. The van der Waals surface area contributed by atoms with Crippen LogP contribution in [0.5, 0.6) is 11.5 Å². The normalized spacial score (nSPS) is 12.2. The minimum atomic E-state index is -1.76. The van der Waals surface area contributed by atoms with Gasteiger partial charge >= 0.3 is 46.5 Å². The molecule has 214 valence electrons.